The third-order valence-electron chi connectivity index (χ3n) is 2.42. The normalized spacial score (nSPS) is 10.9. The van der Waals surface area contributed by atoms with Crippen molar-refractivity contribution in [3.05, 3.63) is 35.4 Å². The molecule has 0 aliphatic rings. The van der Waals surface area contributed by atoms with Crippen molar-refractivity contribution in [1.82, 2.24) is 9.38 Å². The summed E-state index contributed by atoms with van der Waals surface area (Å²) >= 11 is 0. The summed E-state index contributed by atoms with van der Waals surface area (Å²) in [6, 6.07) is 3.93. The second-order valence-electron chi connectivity index (χ2n) is 3.59. The molecule has 2 heterocycles. The lowest BCUT2D eigenvalue weighted by Gasteiger charge is -1.98. The molecule has 0 aliphatic heterocycles. The van der Waals surface area contributed by atoms with Crippen molar-refractivity contribution < 1.29 is 4.79 Å². The maximum absolute atomic E-state index is 11.6. The van der Waals surface area contributed by atoms with Crippen LogP contribution in [0.5, 0.6) is 0 Å². The third kappa shape index (κ3) is 1.53. The summed E-state index contributed by atoms with van der Waals surface area (Å²) in [5.74, 6) is 0.688. The van der Waals surface area contributed by atoms with E-state index < -0.39 is 0 Å². The third-order valence-corrected chi connectivity index (χ3v) is 2.42. The van der Waals surface area contributed by atoms with Gasteiger partial charge in [-0.1, -0.05) is 0 Å². The molecular weight excluding hydrogens is 190 g/mol. The molecule has 0 fully saturated rings. The first-order valence-electron chi connectivity index (χ1n) is 4.82. The van der Waals surface area contributed by atoms with Gasteiger partial charge in [0.15, 0.2) is 5.78 Å². The van der Waals surface area contributed by atoms with E-state index in [9.17, 15) is 4.79 Å². The van der Waals surface area contributed by atoms with Crippen molar-refractivity contribution in [2.45, 2.75) is 13.8 Å². The number of nitrogens with two attached hydrogens (primary N) is 1. The van der Waals surface area contributed by atoms with Crippen molar-refractivity contribution >= 4 is 11.3 Å². The number of hydrogen-bond acceptors (Lipinski definition) is 3. The minimum absolute atomic E-state index is 0.0000548. The molecular formula is C11H13N3O. The van der Waals surface area contributed by atoms with Crippen LogP contribution in [0.1, 0.15) is 21.9 Å². The van der Waals surface area contributed by atoms with Gasteiger partial charge in [-0.05, 0) is 31.5 Å². The Balaban J connectivity index is 2.75. The second-order valence-corrected chi connectivity index (χ2v) is 3.59. The average molecular weight is 203 g/mol. The molecule has 0 radical (unpaired) electrons. The van der Waals surface area contributed by atoms with Gasteiger partial charge in [0, 0.05) is 6.20 Å². The van der Waals surface area contributed by atoms with Gasteiger partial charge in [-0.2, -0.15) is 0 Å². The summed E-state index contributed by atoms with van der Waals surface area (Å²) in [6.07, 6.45) is 1.92. The van der Waals surface area contributed by atoms with Gasteiger partial charge in [0.25, 0.3) is 0 Å². The molecule has 0 aromatic carbocycles. The minimum atomic E-state index is -0.119. The van der Waals surface area contributed by atoms with E-state index in [1.165, 1.54) is 0 Å². The van der Waals surface area contributed by atoms with Crippen LogP contribution in [-0.2, 0) is 0 Å². The van der Waals surface area contributed by atoms with Crippen LogP contribution < -0.4 is 5.73 Å². The monoisotopic (exact) mass is 203 g/mol. The highest BCUT2D eigenvalue weighted by atomic mass is 16.1. The first-order valence-corrected chi connectivity index (χ1v) is 4.82. The van der Waals surface area contributed by atoms with Gasteiger partial charge in [-0.15, -0.1) is 0 Å². The Morgan fingerprint density at radius 2 is 2.27 bits per heavy atom. The van der Waals surface area contributed by atoms with E-state index in [0.717, 1.165) is 16.9 Å². The lowest BCUT2D eigenvalue weighted by Crippen LogP contribution is -2.14. The van der Waals surface area contributed by atoms with Gasteiger partial charge in [0.1, 0.15) is 11.5 Å². The van der Waals surface area contributed by atoms with Crippen molar-refractivity contribution in [2.24, 2.45) is 5.73 Å². The molecule has 0 bridgehead atoms. The number of aryl methyl sites for hydroxylation is 2. The van der Waals surface area contributed by atoms with Crippen LogP contribution in [0.2, 0.25) is 0 Å². The lowest BCUT2D eigenvalue weighted by molar-refractivity contribution is 0.0998. The van der Waals surface area contributed by atoms with E-state index in [-0.39, 0.29) is 12.3 Å². The molecule has 0 unspecified atom stereocenters. The molecule has 4 nitrogen and oxygen atoms in total. The first-order chi connectivity index (χ1) is 7.13. The van der Waals surface area contributed by atoms with Gasteiger partial charge >= 0.3 is 0 Å². The van der Waals surface area contributed by atoms with Crippen molar-refractivity contribution in [1.29, 1.82) is 0 Å². The molecule has 78 valence electrons. The fourth-order valence-corrected chi connectivity index (χ4v) is 1.65. The molecule has 4 heteroatoms. The topological polar surface area (TPSA) is 60.4 Å². The molecule has 2 rings (SSSR count). The first kappa shape index (κ1) is 9.86. The summed E-state index contributed by atoms with van der Waals surface area (Å²) in [4.78, 5) is 15.8. The molecule has 0 atom stereocenters. The number of ketones is 1. The van der Waals surface area contributed by atoms with E-state index >= 15 is 0 Å². The quantitative estimate of drug-likeness (QED) is 0.743. The molecule has 0 saturated heterocycles. The fourth-order valence-electron chi connectivity index (χ4n) is 1.65. The number of nitrogens with zero attached hydrogens (tertiary/aromatic N) is 2. The average Bonchev–Trinajstić information content (AvgIpc) is 2.54. The fraction of sp³-hybridized carbons (Fsp3) is 0.273. The van der Waals surface area contributed by atoms with Crippen LogP contribution in [-0.4, -0.2) is 21.7 Å². The van der Waals surface area contributed by atoms with E-state index in [1.807, 2.05) is 36.6 Å². The zero-order valence-corrected chi connectivity index (χ0v) is 8.82. The highest BCUT2D eigenvalue weighted by Gasteiger charge is 2.13. The Morgan fingerprint density at radius 1 is 1.53 bits per heavy atom. The van der Waals surface area contributed by atoms with Crippen LogP contribution in [0, 0.1) is 13.8 Å². The number of Topliss-reactive ketones (excluding diaryl/α,β-unsaturated/α-hetero) is 1. The number of rotatable bonds is 2. The maximum Gasteiger partial charge on any atom is 0.196 e. The maximum atomic E-state index is 11.6. The highest BCUT2D eigenvalue weighted by molar-refractivity contribution is 6.01. The van der Waals surface area contributed by atoms with Crippen LogP contribution in [0.15, 0.2) is 18.3 Å². The highest BCUT2D eigenvalue weighted by Crippen LogP contribution is 2.14. The smallest absolute Gasteiger partial charge is 0.196 e. The van der Waals surface area contributed by atoms with Gasteiger partial charge in [-0.25, -0.2) is 4.98 Å². The predicted molar refractivity (Wildman–Crippen MR) is 58.1 cm³/mol. The van der Waals surface area contributed by atoms with Crippen LogP contribution >= 0.6 is 0 Å². The van der Waals surface area contributed by atoms with Crippen LogP contribution in [0.25, 0.3) is 5.52 Å². The van der Waals surface area contributed by atoms with E-state index in [2.05, 4.69) is 4.98 Å². The molecule has 0 saturated carbocycles. The summed E-state index contributed by atoms with van der Waals surface area (Å²) in [5.41, 5.74) is 7.76. The van der Waals surface area contributed by atoms with Gasteiger partial charge < -0.3 is 10.1 Å². The lowest BCUT2D eigenvalue weighted by atomic mass is 10.2. The summed E-state index contributed by atoms with van der Waals surface area (Å²) in [5, 5.41) is 0. The Bertz CT molecular complexity index is 528. The largest absolute Gasteiger partial charge is 0.324 e. The van der Waals surface area contributed by atoms with Crippen LogP contribution in [0.4, 0.5) is 0 Å². The number of fused-ring (bicyclic) bond motifs is 1. The van der Waals surface area contributed by atoms with Crippen molar-refractivity contribution in [2.75, 3.05) is 6.54 Å². The van der Waals surface area contributed by atoms with Crippen molar-refractivity contribution in [3.8, 4) is 0 Å². The standard InChI is InChI=1S/C11H13N3O/c1-7-3-4-14-8(2)13-11(9(14)5-7)10(15)6-12/h3-5H,6,12H2,1-2H3. The Labute approximate surface area is 87.7 Å². The molecule has 0 aliphatic carbocycles. The zero-order chi connectivity index (χ0) is 11.0. The number of aromatic nitrogens is 2. The molecule has 2 N–H and O–H groups in total. The Hall–Kier alpha value is -1.68. The number of hydrogen-bond donors (Lipinski definition) is 1. The van der Waals surface area contributed by atoms with E-state index in [1.54, 1.807) is 0 Å². The minimum Gasteiger partial charge on any atom is -0.324 e. The SMILES string of the molecule is Cc1ccn2c(C)nc(C(=O)CN)c2c1. The van der Waals surface area contributed by atoms with Crippen molar-refractivity contribution in [3.63, 3.8) is 0 Å². The zero-order valence-electron chi connectivity index (χ0n) is 8.82. The number of carbonyl (C=O) groups is 1. The molecule has 0 spiro atoms. The number of carbonyl (C=O) groups excluding carboxylic acids is 1. The van der Waals surface area contributed by atoms with E-state index in [0.29, 0.717) is 5.69 Å². The Kier molecular flexibility index (Phi) is 2.28. The van der Waals surface area contributed by atoms with Crippen LogP contribution in [0.3, 0.4) is 0 Å². The second kappa shape index (κ2) is 3.47. The Morgan fingerprint density at radius 3 is 2.93 bits per heavy atom. The molecule has 2 aromatic rings. The molecule has 15 heavy (non-hydrogen) atoms. The van der Waals surface area contributed by atoms with Gasteiger partial charge in [0.2, 0.25) is 0 Å². The van der Waals surface area contributed by atoms with E-state index in [4.69, 9.17) is 5.73 Å². The summed E-state index contributed by atoms with van der Waals surface area (Å²) in [6.45, 7) is 3.86. The molecule has 2 aromatic heterocycles. The predicted octanol–water partition coefficient (Wildman–Crippen LogP) is 1.09. The van der Waals surface area contributed by atoms with Gasteiger partial charge in [-0.3, -0.25) is 4.79 Å². The summed E-state index contributed by atoms with van der Waals surface area (Å²) < 4.78 is 1.90. The number of imidazole rings is 1. The van der Waals surface area contributed by atoms with Gasteiger partial charge in [0.05, 0.1) is 12.1 Å². The summed E-state index contributed by atoms with van der Waals surface area (Å²) in [7, 11) is 0. The molecule has 0 amide bonds. The number of pyridine rings is 1.